The average Bonchev–Trinajstić information content (AvgIpc) is 2.34. The Balaban J connectivity index is 3.02. The van der Waals surface area contributed by atoms with Crippen molar-refractivity contribution in [3.8, 4) is 0 Å². The molecular formula is C7H8F3NO. The molecule has 1 aromatic heterocycles. The SMILES string of the molecule is CC(O)(c1ccc[nH]1)C(F)(F)F. The zero-order valence-electron chi connectivity index (χ0n) is 6.31. The van der Waals surface area contributed by atoms with Crippen LogP contribution in [0.5, 0.6) is 0 Å². The molecule has 1 aromatic rings. The molecule has 2 nitrogen and oxygen atoms in total. The van der Waals surface area contributed by atoms with Crippen LogP contribution in [0.15, 0.2) is 18.3 Å². The molecule has 0 radical (unpaired) electrons. The third-order valence-electron chi connectivity index (χ3n) is 1.67. The van der Waals surface area contributed by atoms with Crippen molar-refractivity contribution in [2.45, 2.75) is 18.7 Å². The lowest BCUT2D eigenvalue weighted by Crippen LogP contribution is -2.39. The van der Waals surface area contributed by atoms with E-state index >= 15 is 0 Å². The molecule has 0 aliphatic heterocycles. The van der Waals surface area contributed by atoms with Crippen molar-refractivity contribution >= 4 is 0 Å². The van der Waals surface area contributed by atoms with Crippen molar-refractivity contribution in [2.24, 2.45) is 0 Å². The van der Waals surface area contributed by atoms with Gasteiger partial charge in [0.05, 0.1) is 5.69 Å². The molecule has 0 aromatic carbocycles. The number of halogens is 3. The number of alkyl halides is 3. The monoisotopic (exact) mass is 179 g/mol. The highest BCUT2D eigenvalue weighted by molar-refractivity contribution is 5.14. The molecule has 0 aliphatic carbocycles. The first-order valence-electron chi connectivity index (χ1n) is 3.28. The molecule has 1 atom stereocenters. The lowest BCUT2D eigenvalue weighted by molar-refractivity contribution is -0.260. The second kappa shape index (κ2) is 2.52. The standard InChI is InChI=1S/C7H8F3NO/c1-6(12,7(8,9)10)5-3-2-4-11-5/h2-4,11-12H,1H3. The Kier molecular flexibility index (Phi) is 1.91. The highest BCUT2D eigenvalue weighted by atomic mass is 19.4. The molecule has 0 amide bonds. The average molecular weight is 179 g/mol. The molecule has 0 saturated carbocycles. The molecule has 5 heteroatoms. The minimum Gasteiger partial charge on any atom is -0.375 e. The summed E-state index contributed by atoms with van der Waals surface area (Å²) in [5, 5.41) is 9.05. The Morgan fingerprint density at radius 1 is 1.42 bits per heavy atom. The number of hydrogen-bond donors (Lipinski definition) is 2. The Hall–Kier alpha value is -0.970. The van der Waals surface area contributed by atoms with Crippen LogP contribution >= 0.6 is 0 Å². The van der Waals surface area contributed by atoms with E-state index in [0.29, 0.717) is 6.92 Å². The summed E-state index contributed by atoms with van der Waals surface area (Å²) in [5.41, 5.74) is -3.05. The Labute approximate surface area is 67.0 Å². The third kappa shape index (κ3) is 1.32. The van der Waals surface area contributed by atoms with Crippen LogP contribution in [0, 0.1) is 0 Å². The molecule has 0 spiro atoms. The number of rotatable bonds is 1. The van der Waals surface area contributed by atoms with Gasteiger partial charge in [-0.1, -0.05) is 0 Å². The summed E-state index contributed by atoms with van der Waals surface area (Å²) in [7, 11) is 0. The van der Waals surface area contributed by atoms with Gasteiger partial charge in [-0.2, -0.15) is 13.2 Å². The molecule has 1 heterocycles. The fourth-order valence-corrected chi connectivity index (χ4v) is 0.786. The van der Waals surface area contributed by atoms with E-state index in [-0.39, 0.29) is 5.69 Å². The highest BCUT2D eigenvalue weighted by Gasteiger charge is 2.51. The van der Waals surface area contributed by atoms with Crippen molar-refractivity contribution in [3.05, 3.63) is 24.0 Å². The molecule has 0 fully saturated rings. The van der Waals surface area contributed by atoms with Gasteiger partial charge in [-0.05, 0) is 19.1 Å². The first-order chi connectivity index (χ1) is 5.36. The fraction of sp³-hybridized carbons (Fsp3) is 0.429. The number of hydrogen-bond acceptors (Lipinski definition) is 1. The van der Waals surface area contributed by atoms with E-state index in [0.717, 1.165) is 0 Å². The van der Waals surface area contributed by atoms with Gasteiger partial charge in [0.15, 0.2) is 5.60 Å². The summed E-state index contributed by atoms with van der Waals surface area (Å²) in [5.74, 6) is 0. The molecule has 1 unspecified atom stereocenters. The van der Waals surface area contributed by atoms with E-state index < -0.39 is 11.8 Å². The van der Waals surface area contributed by atoms with Crippen LogP contribution in [-0.2, 0) is 5.60 Å². The minimum atomic E-state index is -4.65. The third-order valence-corrected chi connectivity index (χ3v) is 1.67. The van der Waals surface area contributed by atoms with Crippen LogP contribution in [0.4, 0.5) is 13.2 Å². The van der Waals surface area contributed by atoms with E-state index in [1.807, 2.05) is 0 Å². The number of H-pyrrole nitrogens is 1. The molecule has 68 valence electrons. The fourth-order valence-electron chi connectivity index (χ4n) is 0.786. The Morgan fingerprint density at radius 2 is 2.00 bits per heavy atom. The zero-order chi connectivity index (χ0) is 9.41. The quantitative estimate of drug-likeness (QED) is 0.677. The smallest absolute Gasteiger partial charge is 0.375 e. The Morgan fingerprint density at radius 3 is 2.33 bits per heavy atom. The number of aromatic nitrogens is 1. The molecule has 1 rings (SSSR count). The first-order valence-corrected chi connectivity index (χ1v) is 3.28. The maximum absolute atomic E-state index is 12.1. The van der Waals surface area contributed by atoms with Gasteiger partial charge in [-0.15, -0.1) is 0 Å². The largest absolute Gasteiger partial charge is 0.422 e. The zero-order valence-corrected chi connectivity index (χ0v) is 6.31. The van der Waals surface area contributed by atoms with Crippen molar-refractivity contribution < 1.29 is 18.3 Å². The number of aliphatic hydroxyl groups is 1. The maximum Gasteiger partial charge on any atom is 0.422 e. The Bertz CT molecular complexity index is 250. The molecule has 0 saturated heterocycles. The predicted octanol–water partition coefficient (Wildman–Crippen LogP) is 1.78. The van der Waals surface area contributed by atoms with E-state index in [1.54, 1.807) is 0 Å². The van der Waals surface area contributed by atoms with Crippen LogP contribution in [0.25, 0.3) is 0 Å². The molecule has 12 heavy (non-hydrogen) atoms. The van der Waals surface area contributed by atoms with Gasteiger partial charge in [0.2, 0.25) is 0 Å². The van der Waals surface area contributed by atoms with Gasteiger partial charge in [0.25, 0.3) is 0 Å². The second-order valence-corrected chi connectivity index (χ2v) is 2.65. The van der Waals surface area contributed by atoms with Crippen LogP contribution < -0.4 is 0 Å². The molecule has 0 bridgehead atoms. The van der Waals surface area contributed by atoms with Gasteiger partial charge >= 0.3 is 6.18 Å². The number of aromatic amines is 1. The van der Waals surface area contributed by atoms with Gasteiger partial charge in [-0.25, -0.2) is 0 Å². The van der Waals surface area contributed by atoms with Crippen molar-refractivity contribution in [3.63, 3.8) is 0 Å². The maximum atomic E-state index is 12.1. The first kappa shape index (κ1) is 9.12. The number of nitrogens with one attached hydrogen (secondary N) is 1. The lowest BCUT2D eigenvalue weighted by Gasteiger charge is -2.24. The summed E-state index contributed by atoms with van der Waals surface area (Å²) in [6.07, 6.45) is -3.33. The van der Waals surface area contributed by atoms with Crippen molar-refractivity contribution in [1.82, 2.24) is 4.98 Å². The highest BCUT2D eigenvalue weighted by Crippen LogP contribution is 2.37. The van der Waals surface area contributed by atoms with Gasteiger partial charge in [0, 0.05) is 6.20 Å². The lowest BCUT2D eigenvalue weighted by atomic mass is 10.0. The summed E-state index contributed by atoms with van der Waals surface area (Å²) in [6, 6.07) is 2.59. The normalized spacial score (nSPS) is 17.4. The van der Waals surface area contributed by atoms with E-state index in [9.17, 15) is 13.2 Å². The van der Waals surface area contributed by atoms with Gasteiger partial charge in [0.1, 0.15) is 0 Å². The molecular weight excluding hydrogens is 171 g/mol. The summed E-state index contributed by atoms with van der Waals surface area (Å²) >= 11 is 0. The van der Waals surface area contributed by atoms with Crippen molar-refractivity contribution in [1.29, 1.82) is 0 Å². The minimum absolute atomic E-state index is 0.255. The van der Waals surface area contributed by atoms with Crippen molar-refractivity contribution in [2.75, 3.05) is 0 Å². The van der Waals surface area contributed by atoms with Gasteiger partial charge in [-0.3, -0.25) is 0 Å². The van der Waals surface area contributed by atoms with Gasteiger partial charge < -0.3 is 10.1 Å². The van der Waals surface area contributed by atoms with Crippen LogP contribution in [-0.4, -0.2) is 16.3 Å². The van der Waals surface area contributed by atoms with E-state index in [4.69, 9.17) is 5.11 Å². The summed E-state index contributed by atoms with van der Waals surface area (Å²) in [6.45, 7) is 0.707. The molecule has 2 N–H and O–H groups in total. The van der Waals surface area contributed by atoms with Crippen LogP contribution in [0.1, 0.15) is 12.6 Å². The predicted molar refractivity (Wildman–Crippen MR) is 36.4 cm³/mol. The van der Waals surface area contributed by atoms with Crippen LogP contribution in [0.3, 0.4) is 0 Å². The second-order valence-electron chi connectivity index (χ2n) is 2.65. The molecule has 0 aliphatic rings. The van der Waals surface area contributed by atoms with Crippen LogP contribution in [0.2, 0.25) is 0 Å². The topological polar surface area (TPSA) is 36.0 Å². The summed E-state index contributed by atoms with van der Waals surface area (Å²) in [4.78, 5) is 2.31. The van der Waals surface area contributed by atoms with E-state index in [1.165, 1.54) is 18.3 Å². The van der Waals surface area contributed by atoms with E-state index in [2.05, 4.69) is 4.98 Å². The summed E-state index contributed by atoms with van der Waals surface area (Å²) < 4.78 is 36.4.